The summed E-state index contributed by atoms with van der Waals surface area (Å²) in [6, 6.07) is 8.28. The van der Waals surface area contributed by atoms with E-state index in [0.29, 0.717) is 17.4 Å². The van der Waals surface area contributed by atoms with E-state index >= 15 is 0 Å². The first-order valence-electron chi connectivity index (χ1n) is 5.73. The number of aromatic nitrogens is 2. The Morgan fingerprint density at radius 2 is 1.89 bits per heavy atom. The van der Waals surface area contributed by atoms with Gasteiger partial charge in [-0.05, 0) is 24.6 Å². The Kier molecular flexibility index (Phi) is 3.48. The van der Waals surface area contributed by atoms with Crippen LogP contribution in [0.15, 0.2) is 24.3 Å². The van der Waals surface area contributed by atoms with E-state index in [-0.39, 0.29) is 0 Å². The van der Waals surface area contributed by atoms with Gasteiger partial charge in [-0.3, -0.25) is 0 Å². The molecule has 0 radical (unpaired) electrons. The second-order valence-electron chi connectivity index (χ2n) is 4.50. The van der Waals surface area contributed by atoms with Crippen molar-refractivity contribution >= 4 is 23.1 Å². The molecule has 4 nitrogen and oxygen atoms in total. The SMILES string of the molecule is Cc1nn(Cc2ccc(N(C)C)cc2)c(N)c1Cl. The lowest BCUT2D eigenvalue weighted by Crippen LogP contribution is -2.09. The maximum atomic E-state index is 6.02. The van der Waals surface area contributed by atoms with Crippen molar-refractivity contribution in [3.63, 3.8) is 0 Å². The number of nitrogens with two attached hydrogens (primary N) is 1. The monoisotopic (exact) mass is 264 g/mol. The molecule has 2 rings (SSSR count). The van der Waals surface area contributed by atoms with Crippen molar-refractivity contribution in [3.8, 4) is 0 Å². The van der Waals surface area contributed by atoms with Gasteiger partial charge in [-0.1, -0.05) is 23.7 Å². The van der Waals surface area contributed by atoms with E-state index in [4.69, 9.17) is 17.3 Å². The third-order valence-corrected chi connectivity index (χ3v) is 3.34. The molecule has 1 heterocycles. The molecule has 1 aromatic carbocycles. The zero-order chi connectivity index (χ0) is 13.3. The van der Waals surface area contributed by atoms with Gasteiger partial charge in [0.25, 0.3) is 0 Å². The van der Waals surface area contributed by atoms with Crippen molar-refractivity contribution in [1.29, 1.82) is 0 Å². The molecule has 1 aromatic heterocycles. The van der Waals surface area contributed by atoms with Crippen LogP contribution in [0.5, 0.6) is 0 Å². The molecular formula is C13H17ClN4. The summed E-state index contributed by atoms with van der Waals surface area (Å²) in [5, 5.41) is 4.85. The normalized spacial score (nSPS) is 10.7. The van der Waals surface area contributed by atoms with E-state index in [0.717, 1.165) is 11.3 Å². The lowest BCUT2D eigenvalue weighted by atomic mass is 10.2. The van der Waals surface area contributed by atoms with Gasteiger partial charge in [0, 0.05) is 19.8 Å². The minimum atomic E-state index is 0.519. The molecule has 0 aliphatic carbocycles. The summed E-state index contributed by atoms with van der Waals surface area (Å²) >= 11 is 6.02. The second-order valence-corrected chi connectivity index (χ2v) is 4.88. The smallest absolute Gasteiger partial charge is 0.141 e. The van der Waals surface area contributed by atoms with Gasteiger partial charge in [0.1, 0.15) is 10.8 Å². The van der Waals surface area contributed by atoms with Gasteiger partial charge in [-0.25, -0.2) is 4.68 Å². The molecule has 0 atom stereocenters. The van der Waals surface area contributed by atoms with Gasteiger partial charge in [0.05, 0.1) is 12.2 Å². The van der Waals surface area contributed by atoms with Crippen LogP contribution in [0.2, 0.25) is 5.02 Å². The Morgan fingerprint density at radius 1 is 1.28 bits per heavy atom. The zero-order valence-electron chi connectivity index (χ0n) is 10.8. The van der Waals surface area contributed by atoms with Crippen molar-refractivity contribution in [2.45, 2.75) is 13.5 Å². The standard InChI is InChI=1S/C13H17ClN4/c1-9-12(14)13(15)18(16-9)8-10-4-6-11(7-5-10)17(2)3/h4-7H,8,15H2,1-3H3. The van der Waals surface area contributed by atoms with Crippen LogP contribution >= 0.6 is 11.6 Å². The van der Waals surface area contributed by atoms with Gasteiger partial charge in [0.15, 0.2) is 0 Å². The average molecular weight is 265 g/mol. The predicted molar refractivity (Wildman–Crippen MR) is 76.3 cm³/mol. The zero-order valence-corrected chi connectivity index (χ0v) is 11.6. The maximum Gasteiger partial charge on any atom is 0.141 e. The van der Waals surface area contributed by atoms with E-state index in [2.05, 4.69) is 34.3 Å². The Labute approximate surface area is 112 Å². The van der Waals surface area contributed by atoms with Crippen LogP contribution in [-0.2, 0) is 6.54 Å². The van der Waals surface area contributed by atoms with Gasteiger partial charge in [-0.2, -0.15) is 5.10 Å². The first-order valence-corrected chi connectivity index (χ1v) is 6.11. The first kappa shape index (κ1) is 12.8. The molecule has 0 saturated heterocycles. The predicted octanol–water partition coefficient (Wildman–Crippen LogP) is 2.54. The van der Waals surface area contributed by atoms with Gasteiger partial charge >= 0.3 is 0 Å². The number of nitrogen functional groups attached to an aromatic ring is 1. The highest BCUT2D eigenvalue weighted by molar-refractivity contribution is 6.33. The Morgan fingerprint density at radius 3 is 2.33 bits per heavy atom. The van der Waals surface area contributed by atoms with Gasteiger partial charge in [0.2, 0.25) is 0 Å². The number of rotatable bonds is 3. The minimum Gasteiger partial charge on any atom is -0.383 e. The number of anilines is 2. The largest absolute Gasteiger partial charge is 0.383 e. The summed E-state index contributed by atoms with van der Waals surface area (Å²) in [4.78, 5) is 2.06. The molecule has 96 valence electrons. The highest BCUT2D eigenvalue weighted by Gasteiger charge is 2.10. The summed E-state index contributed by atoms with van der Waals surface area (Å²) < 4.78 is 1.72. The van der Waals surface area contributed by atoms with Crippen molar-refractivity contribution in [1.82, 2.24) is 9.78 Å². The molecule has 0 spiro atoms. The van der Waals surface area contributed by atoms with Crippen molar-refractivity contribution in [2.24, 2.45) is 0 Å². The fraction of sp³-hybridized carbons (Fsp3) is 0.308. The summed E-state index contributed by atoms with van der Waals surface area (Å²) in [7, 11) is 4.03. The maximum absolute atomic E-state index is 6.02. The van der Waals surface area contributed by atoms with Crippen LogP contribution in [-0.4, -0.2) is 23.9 Å². The molecule has 0 amide bonds. The van der Waals surface area contributed by atoms with E-state index in [1.165, 1.54) is 5.69 Å². The van der Waals surface area contributed by atoms with Crippen LogP contribution in [0.3, 0.4) is 0 Å². The lowest BCUT2D eigenvalue weighted by molar-refractivity contribution is 0.689. The molecule has 18 heavy (non-hydrogen) atoms. The summed E-state index contributed by atoms with van der Waals surface area (Å²) in [6.07, 6.45) is 0. The van der Waals surface area contributed by atoms with Crippen LogP contribution in [0.4, 0.5) is 11.5 Å². The van der Waals surface area contributed by atoms with E-state index < -0.39 is 0 Å². The Hall–Kier alpha value is -1.68. The average Bonchev–Trinajstić information content (AvgIpc) is 2.58. The van der Waals surface area contributed by atoms with Crippen LogP contribution < -0.4 is 10.6 Å². The third kappa shape index (κ3) is 2.43. The van der Waals surface area contributed by atoms with E-state index in [1.807, 2.05) is 21.0 Å². The van der Waals surface area contributed by atoms with Gasteiger partial charge < -0.3 is 10.6 Å². The molecule has 2 aromatic rings. The molecule has 0 aliphatic rings. The molecule has 0 saturated carbocycles. The quantitative estimate of drug-likeness (QED) is 0.927. The Bertz CT molecular complexity index is 543. The van der Waals surface area contributed by atoms with Crippen molar-refractivity contribution < 1.29 is 0 Å². The molecule has 0 bridgehead atoms. The third-order valence-electron chi connectivity index (χ3n) is 2.88. The highest BCUT2D eigenvalue weighted by Crippen LogP contribution is 2.23. The van der Waals surface area contributed by atoms with Crippen molar-refractivity contribution in [2.75, 3.05) is 24.7 Å². The van der Waals surface area contributed by atoms with E-state index in [1.54, 1.807) is 4.68 Å². The molecule has 5 heteroatoms. The highest BCUT2D eigenvalue weighted by atomic mass is 35.5. The number of aryl methyl sites for hydroxylation is 1. The summed E-state index contributed by atoms with van der Waals surface area (Å²) in [5.74, 6) is 0.519. The first-order chi connectivity index (χ1) is 8.49. The van der Waals surface area contributed by atoms with Crippen molar-refractivity contribution in [3.05, 3.63) is 40.5 Å². The van der Waals surface area contributed by atoms with Crippen LogP contribution in [0, 0.1) is 6.92 Å². The Balaban J connectivity index is 2.21. The molecule has 0 unspecified atom stereocenters. The number of hydrogen-bond acceptors (Lipinski definition) is 3. The number of nitrogens with zero attached hydrogens (tertiary/aromatic N) is 3. The van der Waals surface area contributed by atoms with E-state index in [9.17, 15) is 0 Å². The molecule has 0 aliphatic heterocycles. The lowest BCUT2D eigenvalue weighted by Gasteiger charge is -2.12. The molecular weight excluding hydrogens is 248 g/mol. The summed E-state index contributed by atoms with van der Waals surface area (Å²) in [5.41, 5.74) is 8.97. The number of hydrogen-bond donors (Lipinski definition) is 1. The van der Waals surface area contributed by atoms with Crippen LogP contribution in [0.1, 0.15) is 11.3 Å². The second kappa shape index (κ2) is 4.90. The van der Waals surface area contributed by atoms with Crippen LogP contribution in [0.25, 0.3) is 0 Å². The number of benzene rings is 1. The molecule has 0 fully saturated rings. The summed E-state index contributed by atoms with van der Waals surface area (Å²) in [6.45, 7) is 2.48. The fourth-order valence-electron chi connectivity index (χ4n) is 1.77. The minimum absolute atomic E-state index is 0.519. The topological polar surface area (TPSA) is 47.1 Å². The molecule has 2 N–H and O–H groups in total. The van der Waals surface area contributed by atoms with Gasteiger partial charge in [-0.15, -0.1) is 0 Å². The number of halogens is 1. The fourth-order valence-corrected chi connectivity index (χ4v) is 1.91.